The summed E-state index contributed by atoms with van der Waals surface area (Å²) in [6, 6.07) is 11.7. The molecular weight excluding hydrogens is 436 g/mol. The molecule has 7 heteroatoms. The molecule has 154 valence electrons. The summed E-state index contributed by atoms with van der Waals surface area (Å²) in [4.78, 5) is 12.0. The van der Waals surface area contributed by atoms with E-state index in [-0.39, 0.29) is 25.0 Å². The number of carbonyl (C=O) groups is 1. The number of aromatic nitrogens is 2. The standard InChI is InChI=1S/C22H25BrN2O4/c1-5-28-22(26)10-15-6-8-17(27-4)12-21(15)29-13-19-18-11-16(23)7-9-20(18)25(24-19)14(2)3/h6-9,11-12,14H,5,10,13H2,1-4H3. The molecule has 6 nitrogen and oxygen atoms in total. The summed E-state index contributed by atoms with van der Waals surface area (Å²) in [6.07, 6.45) is 0.139. The first-order chi connectivity index (χ1) is 13.9. The Hall–Kier alpha value is -2.54. The highest BCUT2D eigenvalue weighted by molar-refractivity contribution is 9.10. The molecule has 0 N–H and O–H groups in total. The first-order valence-electron chi connectivity index (χ1n) is 9.55. The first kappa shape index (κ1) is 21.2. The van der Waals surface area contributed by atoms with Crippen LogP contribution in [-0.2, 0) is 22.6 Å². The molecule has 0 atom stereocenters. The van der Waals surface area contributed by atoms with E-state index in [9.17, 15) is 4.79 Å². The number of esters is 1. The summed E-state index contributed by atoms with van der Waals surface area (Å²) in [5.41, 5.74) is 2.64. The van der Waals surface area contributed by atoms with Crippen molar-refractivity contribution in [1.29, 1.82) is 0 Å². The van der Waals surface area contributed by atoms with E-state index < -0.39 is 0 Å². The molecule has 29 heavy (non-hydrogen) atoms. The van der Waals surface area contributed by atoms with Crippen LogP contribution in [0.25, 0.3) is 10.9 Å². The van der Waals surface area contributed by atoms with Gasteiger partial charge in [0.1, 0.15) is 23.8 Å². The Morgan fingerprint density at radius 2 is 2.00 bits per heavy atom. The van der Waals surface area contributed by atoms with Crippen LogP contribution in [0.15, 0.2) is 40.9 Å². The third-order valence-electron chi connectivity index (χ3n) is 4.51. The molecule has 0 aliphatic carbocycles. The van der Waals surface area contributed by atoms with Gasteiger partial charge in [-0.2, -0.15) is 5.10 Å². The van der Waals surface area contributed by atoms with Crippen LogP contribution < -0.4 is 9.47 Å². The minimum Gasteiger partial charge on any atom is -0.497 e. The van der Waals surface area contributed by atoms with Crippen molar-refractivity contribution < 1.29 is 19.0 Å². The van der Waals surface area contributed by atoms with E-state index in [1.165, 1.54) is 0 Å². The largest absolute Gasteiger partial charge is 0.497 e. The van der Waals surface area contributed by atoms with Crippen molar-refractivity contribution in [3.05, 3.63) is 52.1 Å². The molecule has 0 bridgehead atoms. The minimum atomic E-state index is -0.291. The second kappa shape index (κ2) is 9.31. The van der Waals surface area contributed by atoms with Crippen molar-refractivity contribution in [2.24, 2.45) is 0 Å². The van der Waals surface area contributed by atoms with Gasteiger partial charge in [0, 0.05) is 27.5 Å². The number of rotatable bonds is 8. The summed E-state index contributed by atoms with van der Waals surface area (Å²) in [5, 5.41) is 5.79. The summed E-state index contributed by atoms with van der Waals surface area (Å²) < 4.78 is 19.5. The molecule has 0 saturated heterocycles. The predicted molar refractivity (Wildman–Crippen MR) is 115 cm³/mol. The maximum atomic E-state index is 12.0. The van der Waals surface area contributed by atoms with Gasteiger partial charge in [0.05, 0.1) is 25.7 Å². The lowest BCUT2D eigenvalue weighted by atomic mass is 10.1. The predicted octanol–water partition coefficient (Wildman–Crippen LogP) is 5.07. The highest BCUT2D eigenvalue weighted by atomic mass is 79.9. The maximum Gasteiger partial charge on any atom is 0.310 e. The molecule has 2 aromatic carbocycles. The van der Waals surface area contributed by atoms with Gasteiger partial charge in [0.2, 0.25) is 0 Å². The number of halogens is 1. The number of ether oxygens (including phenoxy) is 3. The minimum absolute atomic E-state index is 0.139. The van der Waals surface area contributed by atoms with Crippen LogP contribution in [0, 0.1) is 0 Å². The quantitative estimate of drug-likeness (QED) is 0.439. The van der Waals surface area contributed by atoms with Gasteiger partial charge in [0.15, 0.2) is 0 Å². The van der Waals surface area contributed by atoms with Gasteiger partial charge in [-0.1, -0.05) is 22.0 Å². The second-order valence-corrected chi connectivity index (χ2v) is 7.81. The summed E-state index contributed by atoms with van der Waals surface area (Å²) >= 11 is 3.54. The van der Waals surface area contributed by atoms with Crippen LogP contribution in [0.4, 0.5) is 0 Å². The van der Waals surface area contributed by atoms with Crippen LogP contribution in [0.3, 0.4) is 0 Å². The van der Waals surface area contributed by atoms with Gasteiger partial charge in [0.25, 0.3) is 0 Å². The average molecular weight is 461 g/mol. The SMILES string of the molecule is CCOC(=O)Cc1ccc(OC)cc1OCc1nn(C(C)C)c2ccc(Br)cc12. The number of fused-ring (bicyclic) bond motifs is 1. The molecule has 3 aromatic rings. The molecule has 0 saturated carbocycles. The number of methoxy groups -OCH3 is 1. The summed E-state index contributed by atoms with van der Waals surface area (Å²) in [5.74, 6) is 0.952. The fraction of sp³-hybridized carbons (Fsp3) is 0.364. The number of nitrogens with zero attached hydrogens (tertiary/aromatic N) is 2. The monoisotopic (exact) mass is 460 g/mol. The average Bonchev–Trinajstić information content (AvgIpc) is 3.05. The van der Waals surface area contributed by atoms with Gasteiger partial charge in [-0.3, -0.25) is 9.48 Å². The molecule has 0 aliphatic heterocycles. The third-order valence-corrected chi connectivity index (χ3v) is 5.01. The number of benzene rings is 2. The van der Waals surface area contributed by atoms with Crippen LogP contribution in [0.2, 0.25) is 0 Å². The van der Waals surface area contributed by atoms with Gasteiger partial charge >= 0.3 is 5.97 Å². The third kappa shape index (κ3) is 4.90. The summed E-state index contributed by atoms with van der Waals surface area (Å²) in [7, 11) is 1.60. The highest BCUT2D eigenvalue weighted by Gasteiger charge is 2.16. The normalized spacial score (nSPS) is 11.1. The van der Waals surface area contributed by atoms with E-state index in [1.807, 2.05) is 28.9 Å². The molecule has 0 radical (unpaired) electrons. The molecule has 3 rings (SSSR count). The Balaban J connectivity index is 1.91. The molecule has 0 aliphatic rings. The van der Waals surface area contributed by atoms with E-state index in [0.717, 1.165) is 26.6 Å². The molecule has 0 fully saturated rings. The van der Waals surface area contributed by atoms with Crippen molar-refractivity contribution in [3.63, 3.8) is 0 Å². The Morgan fingerprint density at radius 1 is 1.21 bits per heavy atom. The zero-order chi connectivity index (χ0) is 21.0. The Kier molecular flexibility index (Phi) is 6.79. The summed E-state index contributed by atoms with van der Waals surface area (Å²) in [6.45, 7) is 6.60. The molecule has 1 heterocycles. The van der Waals surface area contributed by atoms with Crippen LogP contribution in [-0.4, -0.2) is 29.5 Å². The number of carbonyl (C=O) groups excluding carboxylic acids is 1. The van der Waals surface area contributed by atoms with Gasteiger partial charge in [-0.25, -0.2) is 0 Å². The Morgan fingerprint density at radius 3 is 2.69 bits per heavy atom. The number of hydrogen-bond donors (Lipinski definition) is 0. The van der Waals surface area contributed by atoms with E-state index in [4.69, 9.17) is 19.3 Å². The number of hydrogen-bond acceptors (Lipinski definition) is 5. The fourth-order valence-corrected chi connectivity index (χ4v) is 3.49. The van der Waals surface area contributed by atoms with Crippen molar-refractivity contribution in [2.75, 3.05) is 13.7 Å². The van der Waals surface area contributed by atoms with Crippen molar-refractivity contribution in [1.82, 2.24) is 9.78 Å². The topological polar surface area (TPSA) is 62.6 Å². The molecular formula is C22H25BrN2O4. The maximum absolute atomic E-state index is 12.0. The molecule has 0 unspecified atom stereocenters. The van der Waals surface area contributed by atoms with Gasteiger partial charge in [-0.05, 0) is 45.0 Å². The van der Waals surface area contributed by atoms with Crippen molar-refractivity contribution in [3.8, 4) is 11.5 Å². The van der Waals surface area contributed by atoms with E-state index in [2.05, 4.69) is 29.8 Å². The van der Waals surface area contributed by atoms with E-state index >= 15 is 0 Å². The molecule has 1 aromatic heterocycles. The van der Waals surface area contributed by atoms with Crippen LogP contribution in [0.5, 0.6) is 11.5 Å². The lowest BCUT2D eigenvalue weighted by Gasteiger charge is -2.12. The fourth-order valence-electron chi connectivity index (χ4n) is 3.13. The van der Waals surface area contributed by atoms with Crippen molar-refractivity contribution >= 4 is 32.8 Å². The first-order valence-corrected chi connectivity index (χ1v) is 10.3. The smallest absolute Gasteiger partial charge is 0.310 e. The second-order valence-electron chi connectivity index (χ2n) is 6.89. The molecule has 0 spiro atoms. The Bertz CT molecular complexity index is 1010. The van der Waals surface area contributed by atoms with Gasteiger partial charge in [-0.15, -0.1) is 0 Å². The van der Waals surface area contributed by atoms with Crippen molar-refractivity contribution in [2.45, 2.75) is 39.8 Å². The molecule has 0 amide bonds. The zero-order valence-electron chi connectivity index (χ0n) is 17.1. The Labute approximate surface area is 178 Å². The van der Waals surface area contributed by atoms with E-state index in [0.29, 0.717) is 18.1 Å². The lowest BCUT2D eigenvalue weighted by Crippen LogP contribution is -2.09. The lowest BCUT2D eigenvalue weighted by molar-refractivity contribution is -0.142. The van der Waals surface area contributed by atoms with E-state index in [1.54, 1.807) is 26.2 Å². The van der Waals surface area contributed by atoms with Crippen LogP contribution >= 0.6 is 15.9 Å². The zero-order valence-corrected chi connectivity index (χ0v) is 18.7. The van der Waals surface area contributed by atoms with Gasteiger partial charge < -0.3 is 14.2 Å². The highest BCUT2D eigenvalue weighted by Crippen LogP contribution is 2.29. The van der Waals surface area contributed by atoms with Crippen LogP contribution in [0.1, 0.15) is 38.1 Å².